The van der Waals surface area contributed by atoms with Crippen LogP contribution in [0.1, 0.15) is 36.0 Å². The number of carbonyl (C=O) groups is 1. The van der Waals surface area contributed by atoms with E-state index in [1.54, 1.807) is 18.6 Å². The summed E-state index contributed by atoms with van der Waals surface area (Å²) in [5.74, 6) is 0.558. The smallest absolute Gasteiger partial charge is 0.251 e. The lowest BCUT2D eigenvalue weighted by Crippen LogP contribution is -2.39. The van der Waals surface area contributed by atoms with Gasteiger partial charge in [-0.1, -0.05) is 0 Å². The highest BCUT2D eigenvalue weighted by Crippen LogP contribution is 2.23. The van der Waals surface area contributed by atoms with Gasteiger partial charge >= 0.3 is 0 Å². The Hall–Kier alpha value is -2.67. The van der Waals surface area contributed by atoms with E-state index >= 15 is 0 Å². The summed E-state index contributed by atoms with van der Waals surface area (Å²) < 4.78 is 11.3. The molecule has 0 spiro atoms. The van der Waals surface area contributed by atoms with Crippen LogP contribution in [0.25, 0.3) is 0 Å². The zero-order valence-electron chi connectivity index (χ0n) is 15.9. The molecule has 7 nitrogen and oxygen atoms in total. The molecular weight excluding hydrogens is 356 g/mol. The van der Waals surface area contributed by atoms with Gasteiger partial charge in [-0.15, -0.1) is 0 Å². The van der Waals surface area contributed by atoms with Crippen molar-refractivity contribution in [2.24, 2.45) is 0 Å². The predicted molar refractivity (Wildman–Crippen MR) is 106 cm³/mol. The minimum atomic E-state index is -0.00757. The van der Waals surface area contributed by atoms with Gasteiger partial charge < -0.3 is 19.7 Å². The maximum atomic E-state index is 12.6. The Morgan fingerprint density at radius 1 is 1.07 bits per heavy atom. The van der Waals surface area contributed by atoms with Crippen LogP contribution in [-0.4, -0.2) is 54.3 Å². The summed E-state index contributed by atoms with van der Waals surface area (Å²) in [4.78, 5) is 23.0. The van der Waals surface area contributed by atoms with Crippen molar-refractivity contribution in [2.45, 2.75) is 37.8 Å². The first-order chi connectivity index (χ1) is 13.8. The number of hydrogen-bond donors (Lipinski definition) is 1. The van der Waals surface area contributed by atoms with E-state index in [2.05, 4.69) is 20.2 Å². The van der Waals surface area contributed by atoms with Crippen LogP contribution in [0.2, 0.25) is 0 Å². The molecule has 1 saturated carbocycles. The molecule has 0 atom stereocenters. The summed E-state index contributed by atoms with van der Waals surface area (Å²) in [6.45, 7) is 3.30. The van der Waals surface area contributed by atoms with E-state index in [0.717, 1.165) is 57.7 Å². The lowest BCUT2D eigenvalue weighted by atomic mass is 9.92. The third-order valence-corrected chi connectivity index (χ3v) is 5.34. The van der Waals surface area contributed by atoms with Crippen LogP contribution < -0.4 is 15.0 Å². The van der Waals surface area contributed by atoms with Crippen molar-refractivity contribution in [1.82, 2.24) is 15.3 Å². The van der Waals surface area contributed by atoms with Gasteiger partial charge in [0.15, 0.2) is 0 Å². The third-order valence-electron chi connectivity index (χ3n) is 5.34. The molecule has 0 unspecified atom stereocenters. The van der Waals surface area contributed by atoms with Crippen LogP contribution in [-0.2, 0) is 4.74 Å². The molecule has 1 aliphatic heterocycles. The molecule has 2 heterocycles. The van der Waals surface area contributed by atoms with Gasteiger partial charge in [0.1, 0.15) is 6.10 Å². The van der Waals surface area contributed by atoms with Gasteiger partial charge in [-0.2, -0.15) is 0 Å². The van der Waals surface area contributed by atoms with E-state index in [0.29, 0.717) is 11.4 Å². The monoisotopic (exact) mass is 382 g/mol. The molecule has 28 heavy (non-hydrogen) atoms. The van der Waals surface area contributed by atoms with Crippen molar-refractivity contribution >= 4 is 11.6 Å². The Bertz CT molecular complexity index is 755. The van der Waals surface area contributed by atoms with Gasteiger partial charge in [0.2, 0.25) is 5.88 Å². The maximum Gasteiger partial charge on any atom is 0.251 e. The second-order valence-corrected chi connectivity index (χ2v) is 7.25. The number of morpholine rings is 1. The van der Waals surface area contributed by atoms with E-state index in [1.807, 2.05) is 24.3 Å². The Kier molecular flexibility index (Phi) is 6.01. The third kappa shape index (κ3) is 4.78. The molecule has 4 rings (SSSR count). The van der Waals surface area contributed by atoms with Crippen molar-refractivity contribution in [2.75, 3.05) is 31.2 Å². The summed E-state index contributed by atoms with van der Waals surface area (Å²) in [6, 6.07) is 8.04. The van der Waals surface area contributed by atoms with Crippen molar-refractivity contribution in [1.29, 1.82) is 0 Å². The molecule has 1 amide bonds. The zero-order valence-corrected chi connectivity index (χ0v) is 15.9. The fourth-order valence-corrected chi connectivity index (χ4v) is 3.76. The SMILES string of the molecule is O=C(NC1CCC(Oc2cnccn2)CC1)c1ccc(N2CCOCC2)cc1. The average molecular weight is 382 g/mol. The van der Waals surface area contributed by atoms with Gasteiger partial charge in [0.05, 0.1) is 19.4 Å². The van der Waals surface area contributed by atoms with Crippen molar-refractivity contribution < 1.29 is 14.3 Å². The van der Waals surface area contributed by atoms with Gasteiger partial charge in [-0.25, -0.2) is 4.98 Å². The lowest BCUT2D eigenvalue weighted by Gasteiger charge is -2.29. The second kappa shape index (κ2) is 9.01. The number of carbonyl (C=O) groups excluding carboxylic acids is 1. The molecule has 1 saturated heterocycles. The minimum absolute atomic E-state index is 0.00757. The standard InChI is InChI=1S/C21H26N4O3/c26-21(16-1-5-18(6-2-16)25-11-13-27-14-12-25)24-17-3-7-19(8-4-17)28-20-15-22-9-10-23-20/h1-2,5-6,9-10,15,17,19H,3-4,7-8,11-14H2,(H,24,26). The number of aromatic nitrogens is 2. The first kappa shape index (κ1) is 18.7. The fraction of sp³-hybridized carbons (Fsp3) is 0.476. The molecule has 1 aliphatic carbocycles. The molecule has 2 aromatic rings. The normalized spacial score (nSPS) is 22.5. The van der Waals surface area contributed by atoms with Crippen molar-refractivity contribution in [3.05, 3.63) is 48.4 Å². The number of anilines is 1. The Labute approximate surface area is 165 Å². The van der Waals surface area contributed by atoms with E-state index in [4.69, 9.17) is 9.47 Å². The summed E-state index contributed by atoms with van der Waals surface area (Å²) in [7, 11) is 0. The van der Waals surface area contributed by atoms with Gasteiger partial charge in [0, 0.05) is 42.8 Å². The van der Waals surface area contributed by atoms with Crippen LogP contribution in [0, 0.1) is 0 Å². The quantitative estimate of drug-likeness (QED) is 0.856. The van der Waals surface area contributed by atoms with Crippen LogP contribution in [0.3, 0.4) is 0 Å². The second-order valence-electron chi connectivity index (χ2n) is 7.25. The van der Waals surface area contributed by atoms with E-state index < -0.39 is 0 Å². The first-order valence-corrected chi connectivity index (χ1v) is 9.94. The fourth-order valence-electron chi connectivity index (χ4n) is 3.76. The number of hydrogen-bond acceptors (Lipinski definition) is 6. The van der Waals surface area contributed by atoms with Crippen LogP contribution >= 0.6 is 0 Å². The Morgan fingerprint density at radius 3 is 2.50 bits per heavy atom. The molecule has 2 aliphatic rings. The summed E-state index contributed by atoms with van der Waals surface area (Å²) in [5.41, 5.74) is 1.84. The number of nitrogens with one attached hydrogen (secondary N) is 1. The first-order valence-electron chi connectivity index (χ1n) is 9.94. The molecule has 7 heteroatoms. The zero-order chi connectivity index (χ0) is 19.2. The highest BCUT2D eigenvalue weighted by atomic mass is 16.5. The topological polar surface area (TPSA) is 76.6 Å². The highest BCUT2D eigenvalue weighted by molar-refractivity contribution is 5.94. The number of ether oxygens (including phenoxy) is 2. The molecule has 0 bridgehead atoms. The summed E-state index contributed by atoms with van der Waals surface area (Å²) in [6.07, 6.45) is 8.64. The van der Waals surface area contributed by atoms with Crippen LogP contribution in [0.4, 0.5) is 5.69 Å². The van der Waals surface area contributed by atoms with Crippen molar-refractivity contribution in [3.8, 4) is 5.88 Å². The number of benzene rings is 1. The number of amides is 1. The molecule has 2 fully saturated rings. The van der Waals surface area contributed by atoms with Crippen LogP contribution in [0.15, 0.2) is 42.9 Å². The molecule has 1 aromatic heterocycles. The summed E-state index contributed by atoms with van der Waals surface area (Å²) >= 11 is 0. The van der Waals surface area contributed by atoms with Crippen LogP contribution in [0.5, 0.6) is 5.88 Å². The van der Waals surface area contributed by atoms with Crippen molar-refractivity contribution in [3.63, 3.8) is 0 Å². The number of nitrogens with zero attached hydrogens (tertiary/aromatic N) is 3. The van der Waals surface area contributed by atoms with Gasteiger partial charge in [-0.3, -0.25) is 9.78 Å². The average Bonchev–Trinajstić information content (AvgIpc) is 2.76. The number of rotatable bonds is 5. The molecular formula is C21H26N4O3. The van der Waals surface area contributed by atoms with E-state index in [-0.39, 0.29) is 18.1 Å². The Balaban J connectivity index is 1.25. The largest absolute Gasteiger partial charge is 0.473 e. The Morgan fingerprint density at radius 2 is 1.82 bits per heavy atom. The maximum absolute atomic E-state index is 12.6. The highest BCUT2D eigenvalue weighted by Gasteiger charge is 2.24. The van der Waals surface area contributed by atoms with Gasteiger partial charge in [-0.05, 0) is 49.9 Å². The molecule has 1 N–H and O–H groups in total. The van der Waals surface area contributed by atoms with E-state index in [1.165, 1.54) is 0 Å². The molecule has 0 radical (unpaired) electrons. The summed E-state index contributed by atoms with van der Waals surface area (Å²) in [5, 5.41) is 3.16. The minimum Gasteiger partial charge on any atom is -0.473 e. The van der Waals surface area contributed by atoms with E-state index in [9.17, 15) is 4.79 Å². The molecule has 148 valence electrons. The van der Waals surface area contributed by atoms with Gasteiger partial charge in [0.25, 0.3) is 5.91 Å². The molecule has 1 aromatic carbocycles. The predicted octanol–water partition coefficient (Wildman–Crippen LogP) is 2.43. The lowest BCUT2D eigenvalue weighted by molar-refractivity contribution is 0.0889.